The van der Waals surface area contributed by atoms with Crippen molar-refractivity contribution in [3.63, 3.8) is 0 Å². The molecule has 9 nitrogen and oxygen atoms in total. The van der Waals surface area contributed by atoms with Crippen molar-refractivity contribution in [3.05, 3.63) is 24.4 Å². The molecule has 0 radical (unpaired) electrons. The lowest BCUT2D eigenvalue weighted by Crippen LogP contribution is -2.48. The van der Waals surface area contributed by atoms with Gasteiger partial charge in [0.15, 0.2) is 5.82 Å². The number of carbonyl (C=O) groups excluding carboxylic acids is 1. The summed E-state index contributed by atoms with van der Waals surface area (Å²) in [5.74, 6) is 1.36. The summed E-state index contributed by atoms with van der Waals surface area (Å²) in [6, 6.07) is -0.103. The Morgan fingerprint density at radius 2 is 2.43 bits per heavy atom. The molecular weight excluding hydrogens is 298 g/mol. The first-order chi connectivity index (χ1) is 11.1. The van der Waals surface area contributed by atoms with Crippen molar-refractivity contribution in [2.75, 3.05) is 13.1 Å². The average molecular weight is 319 g/mol. The zero-order chi connectivity index (χ0) is 16.2. The highest BCUT2D eigenvalue weighted by Crippen LogP contribution is 2.25. The second-order valence-electron chi connectivity index (χ2n) is 5.93. The fourth-order valence-electron chi connectivity index (χ4n) is 2.80. The highest BCUT2D eigenvalue weighted by atomic mass is 16.5. The smallest absolute Gasteiger partial charge is 0.317 e. The van der Waals surface area contributed by atoms with Gasteiger partial charge >= 0.3 is 6.03 Å². The van der Waals surface area contributed by atoms with Gasteiger partial charge in [-0.2, -0.15) is 10.1 Å². The predicted octanol–water partition coefficient (Wildman–Crippen LogP) is 0.947. The molecule has 1 aliphatic rings. The summed E-state index contributed by atoms with van der Waals surface area (Å²) in [6.45, 7) is 5.68. The fourth-order valence-corrected chi connectivity index (χ4v) is 2.80. The number of nitrogens with one attached hydrogen (secondary N) is 1. The van der Waals surface area contributed by atoms with Crippen LogP contribution < -0.4 is 5.32 Å². The van der Waals surface area contributed by atoms with Crippen molar-refractivity contribution in [3.8, 4) is 0 Å². The number of piperidine rings is 1. The molecule has 23 heavy (non-hydrogen) atoms. The number of rotatable bonds is 4. The summed E-state index contributed by atoms with van der Waals surface area (Å²) in [4.78, 5) is 22.4. The molecule has 9 heteroatoms. The number of carbonyl (C=O) groups is 1. The third-order valence-electron chi connectivity index (χ3n) is 3.90. The lowest BCUT2D eigenvalue weighted by Gasteiger charge is -2.32. The van der Waals surface area contributed by atoms with Crippen LogP contribution in [-0.4, -0.2) is 55.0 Å². The van der Waals surface area contributed by atoms with Gasteiger partial charge in [0.2, 0.25) is 5.89 Å². The minimum atomic E-state index is -0.0708. The summed E-state index contributed by atoms with van der Waals surface area (Å²) in [6.07, 6.45) is 5.00. The monoisotopic (exact) mass is 319 g/mol. The number of aromatic nitrogens is 5. The van der Waals surface area contributed by atoms with Gasteiger partial charge in [0.05, 0.1) is 12.5 Å². The molecule has 0 saturated carbocycles. The summed E-state index contributed by atoms with van der Waals surface area (Å²) in [5, 5.41) is 10.9. The van der Waals surface area contributed by atoms with Gasteiger partial charge in [-0.3, -0.25) is 4.68 Å². The normalized spacial score (nSPS) is 19.6. The van der Waals surface area contributed by atoms with Gasteiger partial charge in [0.1, 0.15) is 12.7 Å². The van der Waals surface area contributed by atoms with Crippen LogP contribution in [0.1, 0.15) is 37.4 Å². The maximum atomic E-state index is 12.4. The number of urea groups is 1. The Morgan fingerprint density at radius 1 is 1.57 bits per heavy atom. The van der Waals surface area contributed by atoms with Gasteiger partial charge in [0, 0.05) is 19.1 Å². The van der Waals surface area contributed by atoms with Crippen LogP contribution in [0.25, 0.3) is 0 Å². The molecule has 3 rings (SSSR count). The van der Waals surface area contributed by atoms with E-state index < -0.39 is 0 Å². The topological polar surface area (TPSA) is 102 Å². The first kappa shape index (κ1) is 15.4. The van der Waals surface area contributed by atoms with Gasteiger partial charge in [-0.15, -0.1) is 0 Å². The Kier molecular flexibility index (Phi) is 4.54. The van der Waals surface area contributed by atoms with E-state index in [1.165, 1.54) is 6.33 Å². The van der Waals surface area contributed by atoms with E-state index in [1.54, 1.807) is 17.9 Å². The van der Waals surface area contributed by atoms with Crippen LogP contribution in [-0.2, 0) is 6.54 Å². The number of aryl methyl sites for hydroxylation is 1. The summed E-state index contributed by atoms with van der Waals surface area (Å²) < 4.78 is 6.94. The first-order valence-corrected chi connectivity index (χ1v) is 7.80. The van der Waals surface area contributed by atoms with Crippen LogP contribution in [0.3, 0.4) is 0 Å². The second-order valence-corrected chi connectivity index (χ2v) is 5.93. The molecule has 1 fully saturated rings. The van der Waals surface area contributed by atoms with Crippen LogP contribution in [0.5, 0.6) is 0 Å². The van der Waals surface area contributed by atoms with Crippen molar-refractivity contribution in [1.82, 2.24) is 35.1 Å². The van der Waals surface area contributed by atoms with Crippen molar-refractivity contribution in [2.24, 2.45) is 0 Å². The maximum absolute atomic E-state index is 12.4. The van der Waals surface area contributed by atoms with Crippen LogP contribution in [0, 0.1) is 6.92 Å². The molecule has 0 spiro atoms. The van der Waals surface area contributed by atoms with Gasteiger partial charge in [-0.05, 0) is 26.7 Å². The molecule has 2 aromatic heterocycles. The van der Waals surface area contributed by atoms with E-state index in [0.717, 1.165) is 19.4 Å². The van der Waals surface area contributed by atoms with E-state index in [2.05, 4.69) is 25.5 Å². The van der Waals surface area contributed by atoms with Gasteiger partial charge in [0.25, 0.3) is 0 Å². The van der Waals surface area contributed by atoms with Crippen molar-refractivity contribution >= 4 is 6.03 Å². The minimum absolute atomic E-state index is 0.0322. The largest absolute Gasteiger partial charge is 0.339 e. The Hall–Kier alpha value is -2.45. The number of amides is 2. The fraction of sp³-hybridized carbons (Fsp3) is 0.643. The molecule has 2 atom stereocenters. The van der Waals surface area contributed by atoms with Crippen molar-refractivity contribution in [1.29, 1.82) is 0 Å². The zero-order valence-electron chi connectivity index (χ0n) is 13.3. The third-order valence-corrected chi connectivity index (χ3v) is 3.90. The van der Waals surface area contributed by atoms with E-state index in [4.69, 9.17) is 4.52 Å². The van der Waals surface area contributed by atoms with E-state index in [-0.39, 0.29) is 18.0 Å². The van der Waals surface area contributed by atoms with Crippen LogP contribution in [0.15, 0.2) is 17.2 Å². The van der Waals surface area contributed by atoms with Crippen LogP contribution in [0.2, 0.25) is 0 Å². The molecular formula is C14H21N7O2. The van der Waals surface area contributed by atoms with E-state index in [1.807, 2.05) is 11.8 Å². The average Bonchev–Trinajstić information content (AvgIpc) is 3.19. The number of nitrogens with zero attached hydrogens (tertiary/aromatic N) is 6. The maximum Gasteiger partial charge on any atom is 0.317 e. The predicted molar refractivity (Wildman–Crippen MR) is 80.6 cm³/mol. The van der Waals surface area contributed by atoms with Crippen LogP contribution in [0.4, 0.5) is 4.79 Å². The van der Waals surface area contributed by atoms with E-state index in [0.29, 0.717) is 24.8 Å². The second kappa shape index (κ2) is 6.76. The molecule has 1 saturated heterocycles. The molecule has 1 N–H and O–H groups in total. The van der Waals surface area contributed by atoms with Crippen molar-refractivity contribution < 1.29 is 9.32 Å². The quantitative estimate of drug-likeness (QED) is 0.900. The molecule has 2 aromatic rings. The van der Waals surface area contributed by atoms with Crippen molar-refractivity contribution in [2.45, 2.75) is 45.2 Å². The molecule has 1 aliphatic heterocycles. The van der Waals surface area contributed by atoms with Crippen LogP contribution >= 0.6 is 0 Å². The molecule has 0 aliphatic carbocycles. The summed E-state index contributed by atoms with van der Waals surface area (Å²) >= 11 is 0. The lowest BCUT2D eigenvalue weighted by molar-refractivity contribution is 0.168. The highest BCUT2D eigenvalue weighted by Gasteiger charge is 2.28. The molecule has 2 amide bonds. The van der Waals surface area contributed by atoms with E-state index >= 15 is 0 Å². The molecule has 0 bridgehead atoms. The lowest BCUT2D eigenvalue weighted by atomic mass is 9.98. The first-order valence-electron chi connectivity index (χ1n) is 7.80. The Bertz CT molecular complexity index is 639. The Morgan fingerprint density at radius 3 is 3.13 bits per heavy atom. The van der Waals surface area contributed by atoms with Gasteiger partial charge in [-0.25, -0.2) is 9.78 Å². The molecule has 2 unspecified atom stereocenters. The third kappa shape index (κ3) is 3.85. The Balaban J connectivity index is 1.54. The summed E-state index contributed by atoms with van der Waals surface area (Å²) in [5.41, 5.74) is 0. The SMILES string of the molecule is Cc1noc(C2CCCN(C(=O)NC(C)Cn3cncn3)C2)n1. The molecule has 3 heterocycles. The van der Waals surface area contributed by atoms with Gasteiger partial charge in [-0.1, -0.05) is 5.16 Å². The zero-order valence-corrected chi connectivity index (χ0v) is 13.3. The number of hydrogen-bond donors (Lipinski definition) is 1. The number of likely N-dealkylation sites (tertiary alicyclic amines) is 1. The molecule has 0 aromatic carbocycles. The number of hydrogen-bond acceptors (Lipinski definition) is 6. The Labute approximate surface area is 134 Å². The summed E-state index contributed by atoms with van der Waals surface area (Å²) in [7, 11) is 0. The standard InChI is InChI=1S/C14H21N7O2/c1-10(6-21-9-15-8-16-21)17-14(22)20-5-3-4-12(7-20)13-18-11(2)19-23-13/h8-10,12H,3-7H2,1-2H3,(H,17,22). The minimum Gasteiger partial charge on any atom is -0.339 e. The van der Waals surface area contributed by atoms with E-state index in [9.17, 15) is 4.79 Å². The highest BCUT2D eigenvalue weighted by molar-refractivity contribution is 5.74. The van der Waals surface area contributed by atoms with Gasteiger partial charge < -0.3 is 14.7 Å². The molecule has 124 valence electrons.